The molecule has 0 aliphatic carbocycles. The molecule has 5 nitrogen and oxygen atoms in total. The number of nitrogens with one attached hydrogen (secondary N) is 2. The van der Waals surface area contributed by atoms with Crippen LogP contribution in [0.4, 0.5) is 0 Å². The van der Waals surface area contributed by atoms with Crippen LogP contribution in [-0.4, -0.2) is 44.4 Å². The van der Waals surface area contributed by atoms with E-state index in [4.69, 9.17) is 0 Å². The van der Waals surface area contributed by atoms with Crippen LogP contribution in [0.1, 0.15) is 32.6 Å². The number of unbranched alkanes of at least 4 members (excludes halogenated alkanes) is 2. The van der Waals surface area contributed by atoms with Crippen LogP contribution >= 0.6 is 35.7 Å². The Morgan fingerprint density at radius 3 is 2.60 bits per heavy atom. The maximum absolute atomic E-state index is 11.0. The van der Waals surface area contributed by atoms with Crippen molar-refractivity contribution >= 4 is 47.7 Å². The highest BCUT2D eigenvalue weighted by atomic mass is 127. The Balaban J connectivity index is 0.00000576. The quantitative estimate of drug-likeness (QED) is 0.127. The zero-order valence-corrected chi connectivity index (χ0v) is 18.3. The van der Waals surface area contributed by atoms with Crippen molar-refractivity contribution < 1.29 is 9.53 Å². The SMILES string of the molecule is CCNC(=NCCCCCC(=O)OC)NCCSc1ccccc1.I. The van der Waals surface area contributed by atoms with Gasteiger partial charge in [-0.1, -0.05) is 24.6 Å². The fraction of sp³-hybridized carbons (Fsp3) is 0.556. The third kappa shape index (κ3) is 13.0. The Bertz CT molecular complexity index is 486. The highest BCUT2D eigenvalue weighted by Crippen LogP contribution is 2.15. The van der Waals surface area contributed by atoms with Crippen molar-refractivity contribution in [3.8, 4) is 0 Å². The van der Waals surface area contributed by atoms with Gasteiger partial charge >= 0.3 is 5.97 Å². The lowest BCUT2D eigenvalue weighted by molar-refractivity contribution is -0.140. The Hall–Kier alpha value is -0.960. The second-order valence-corrected chi connectivity index (χ2v) is 6.40. The number of hydrogen-bond donors (Lipinski definition) is 2. The van der Waals surface area contributed by atoms with Crippen molar-refractivity contribution in [3.05, 3.63) is 30.3 Å². The number of halogens is 1. The van der Waals surface area contributed by atoms with Crippen molar-refractivity contribution in [3.63, 3.8) is 0 Å². The van der Waals surface area contributed by atoms with E-state index in [9.17, 15) is 4.79 Å². The maximum Gasteiger partial charge on any atom is 0.305 e. The number of carbonyl (C=O) groups is 1. The zero-order chi connectivity index (χ0) is 17.5. The molecule has 2 N–H and O–H groups in total. The molecular formula is C18H30IN3O2S. The van der Waals surface area contributed by atoms with E-state index < -0.39 is 0 Å². The van der Waals surface area contributed by atoms with Gasteiger partial charge in [0.2, 0.25) is 0 Å². The standard InChI is InChI=1S/C18H29N3O2S.HI/c1-3-19-18(20-13-9-5-8-12-17(22)23-2)21-14-15-24-16-10-6-4-7-11-16;/h4,6-7,10-11H,3,5,8-9,12-15H2,1-2H3,(H2,19,20,21);1H. The molecule has 0 saturated heterocycles. The monoisotopic (exact) mass is 479 g/mol. The van der Waals surface area contributed by atoms with Gasteiger partial charge in [-0.2, -0.15) is 0 Å². The number of aliphatic imine (C=N–C) groups is 1. The van der Waals surface area contributed by atoms with Gasteiger partial charge in [0.1, 0.15) is 0 Å². The van der Waals surface area contributed by atoms with E-state index in [0.29, 0.717) is 6.42 Å². The van der Waals surface area contributed by atoms with Crippen molar-refractivity contribution in [2.24, 2.45) is 4.99 Å². The first-order valence-corrected chi connectivity index (χ1v) is 9.51. The van der Waals surface area contributed by atoms with Crippen LogP contribution in [0.3, 0.4) is 0 Å². The van der Waals surface area contributed by atoms with E-state index in [1.165, 1.54) is 12.0 Å². The Kier molecular flexibility index (Phi) is 15.9. The van der Waals surface area contributed by atoms with E-state index in [0.717, 1.165) is 50.6 Å². The molecule has 1 rings (SSSR count). The van der Waals surface area contributed by atoms with Gasteiger partial charge < -0.3 is 15.4 Å². The van der Waals surface area contributed by atoms with Crippen molar-refractivity contribution in [2.75, 3.05) is 32.5 Å². The molecule has 0 heterocycles. The van der Waals surface area contributed by atoms with Crippen LogP contribution in [0.15, 0.2) is 40.2 Å². The Morgan fingerprint density at radius 1 is 1.16 bits per heavy atom. The van der Waals surface area contributed by atoms with Crippen molar-refractivity contribution in [2.45, 2.75) is 37.5 Å². The van der Waals surface area contributed by atoms with Gasteiger partial charge in [0, 0.05) is 36.7 Å². The first-order chi connectivity index (χ1) is 11.8. The van der Waals surface area contributed by atoms with Gasteiger partial charge in [-0.25, -0.2) is 0 Å². The molecule has 0 saturated carbocycles. The molecule has 7 heteroatoms. The minimum Gasteiger partial charge on any atom is -0.469 e. The van der Waals surface area contributed by atoms with Gasteiger partial charge in [-0.05, 0) is 31.9 Å². The van der Waals surface area contributed by atoms with E-state index in [1.807, 2.05) is 17.8 Å². The predicted molar refractivity (Wildman–Crippen MR) is 117 cm³/mol. The molecule has 0 spiro atoms. The van der Waals surface area contributed by atoms with Gasteiger partial charge in [0.15, 0.2) is 5.96 Å². The summed E-state index contributed by atoms with van der Waals surface area (Å²) in [4.78, 5) is 16.9. The molecule has 0 aliphatic rings. The number of thioether (sulfide) groups is 1. The van der Waals surface area contributed by atoms with Crippen molar-refractivity contribution in [1.82, 2.24) is 10.6 Å². The van der Waals surface area contributed by atoms with E-state index in [2.05, 4.69) is 51.6 Å². The lowest BCUT2D eigenvalue weighted by Crippen LogP contribution is -2.38. The van der Waals surface area contributed by atoms with Gasteiger partial charge in [-0.3, -0.25) is 9.79 Å². The summed E-state index contributed by atoms with van der Waals surface area (Å²) in [5.41, 5.74) is 0. The van der Waals surface area contributed by atoms with Crippen LogP contribution in [0.2, 0.25) is 0 Å². The van der Waals surface area contributed by atoms with Crippen LogP contribution < -0.4 is 10.6 Å². The molecule has 0 atom stereocenters. The summed E-state index contributed by atoms with van der Waals surface area (Å²) in [7, 11) is 1.43. The molecule has 0 bridgehead atoms. The average molecular weight is 479 g/mol. The molecule has 0 aliphatic heterocycles. The first kappa shape index (κ1) is 24.0. The number of esters is 1. The summed E-state index contributed by atoms with van der Waals surface area (Å²) in [5, 5.41) is 6.61. The number of ether oxygens (including phenoxy) is 1. The smallest absolute Gasteiger partial charge is 0.305 e. The maximum atomic E-state index is 11.0. The molecule has 0 radical (unpaired) electrons. The molecular weight excluding hydrogens is 449 g/mol. The van der Waals surface area contributed by atoms with E-state index in [-0.39, 0.29) is 29.9 Å². The Labute approximate surface area is 172 Å². The molecule has 142 valence electrons. The highest BCUT2D eigenvalue weighted by Gasteiger charge is 2.00. The lowest BCUT2D eigenvalue weighted by atomic mass is 10.2. The number of guanidine groups is 1. The number of nitrogens with zero attached hydrogens (tertiary/aromatic N) is 1. The summed E-state index contributed by atoms with van der Waals surface area (Å²) in [6.07, 6.45) is 3.32. The highest BCUT2D eigenvalue weighted by molar-refractivity contribution is 14.0. The molecule has 1 aromatic rings. The minimum atomic E-state index is -0.135. The fourth-order valence-electron chi connectivity index (χ4n) is 2.05. The summed E-state index contributed by atoms with van der Waals surface area (Å²) < 4.78 is 4.63. The predicted octanol–water partition coefficient (Wildman–Crippen LogP) is 3.69. The van der Waals surface area contributed by atoms with Crippen LogP contribution in [0, 0.1) is 0 Å². The number of hydrogen-bond acceptors (Lipinski definition) is 4. The van der Waals surface area contributed by atoms with Gasteiger partial charge in [0.05, 0.1) is 7.11 Å². The van der Waals surface area contributed by atoms with Crippen LogP contribution in [-0.2, 0) is 9.53 Å². The molecule has 0 amide bonds. The fourth-order valence-corrected chi connectivity index (χ4v) is 2.84. The third-order valence-electron chi connectivity index (χ3n) is 3.29. The largest absolute Gasteiger partial charge is 0.469 e. The zero-order valence-electron chi connectivity index (χ0n) is 15.1. The van der Waals surface area contributed by atoms with E-state index >= 15 is 0 Å². The third-order valence-corrected chi connectivity index (χ3v) is 4.30. The topological polar surface area (TPSA) is 62.7 Å². The second kappa shape index (κ2) is 16.5. The van der Waals surface area contributed by atoms with Crippen LogP contribution in [0.25, 0.3) is 0 Å². The van der Waals surface area contributed by atoms with Gasteiger partial charge in [0.25, 0.3) is 0 Å². The minimum absolute atomic E-state index is 0. The summed E-state index contributed by atoms with van der Waals surface area (Å²) in [6, 6.07) is 10.4. The molecule has 1 aromatic carbocycles. The van der Waals surface area contributed by atoms with Crippen LogP contribution in [0.5, 0.6) is 0 Å². The summed E-state index contributed by atoms with van der Waals surface area (Å²) in [5.74, 6) is 1.72. The number of methoxy groups -OCH3 is 1. The molecule has 25 heavy (non-hydrogen) atoms. The normalized spacial score (nSPS) is 10.7. The number of carbonyl (C=O) groups excluding carboxylic acids is 1. The molecule has 0 fully saturated rings. The summed E-state index contributed by atoms with van der Waals surface area (Å²) >= 11 is 1.83. The summed E-state index contributed by atoms with van der Waals surface area (Å²) in [6.45, 7) is 4.54. The molecule has 0 aromatic heterocycles. The Morgan fingerprint density at radius 2 is 1.92 bits per heavy atom. The first-order valence-electron chi connectivity index (χ1n) is 8.53. The average Bonchev–Trinajstić information content (AvgIpc) is 2.62. The van der Waals surface area contributed by atoms with Gasteiger partial charge in [-0.15, -0.1) is 35.7 Å². The number of rotatable bonds is 11. The lowest BCUT2D eigenvalue weighted by Gasteiger charge is -2.11. The number of benzene rings is 1. The molecule has 0 unspecified atom stereocenters. The van der Waals surface area contributed by atoms with E-state index in [1.54, 1.807) is 0 Å². The van der Waals surface area contributed by atoms with Crippen molar-refractivity contribution in [1.29, 1.82) is 0 Å². The second-order valence-electron chi connectivity index (χ2n) is 5.24.